The Balaban J connectivity index is 2.03. The van der Waals surface area contributed by atoms with Gasteiger partial charge in [-0.2, -0.15) is 0 Å². The molecule has 2 unspecified atom stereocenters. The molecule has 4 N–H and O–H groups in total. The molecule has 0 aliphatic carbocycles. The quantitative estimate of drug-likeness (QED) is 0.0863. The first kappa shape index (κ1) is 29.4. The first-order valence-electron chi connectivity index (χ1n) is 12.4. The van der Waals surface area contributed by atoms with Crippen molar-refractivity contribution in [2.24, 2.45) is 5.92 Å². The largest absolute Gasteiger partial charge is 0.493 e. The third-order valence-electron chi connectivity index (χ3n) is 5.92. The molecule has 2 atom stereocenters. The second kappa shape index (κ2) is 14.6. The molecule has 0 spiro atoms. The smallest absolute Gasteiger partial charge is 0.339 e. The first-order chi connectivity index (χ1) is 17.8. The number of benzene rings is 1. The second-order valence-electron chi connectivity index (χ2n) is 8.40. The number of rotatable bonds is 16. The van der Waals surface area contributed by atoms with Crippen molar-refractivity contribution in [3.05, 3.63) is 41.7 Å². The lowest BCUT2D eigenvalue weighted by Crippen LogP contribution is -2.47. The first-order valence-corrected chi connectivity index (χ1v) is 12.4. The normalized spacial score (nSPS) is 12.3. The van der Waals surface area contributed by atoms with Crippen LogP contribution in [-0.4, -0.2) is 58.9 Å². The third kappa shape index (κ3) is 8.07. The molecule has 0 bridgehead atoms. The topological polar surface area (TPSA) is 158 Å². The zero-order valence-electron chi connectivity index (χ0n) is 21.4. The number of nitrogens with zero attached hydrogens (tertiary/aromatic N) is 1. The van der Waals surface area contributed by atoms with Gasteiger partial charge < -0.3 is 24.9 Å². The number of aromatic carboxylic acids is 1. The lowest BCUT2D eigenvalue weighted by atomic mass is 9.90. The lowest BCUT2D eigenvalue weighted by molar-refractivity contribution is -0.168. The number of carbonyl (C=O) groups is 4. The number of hydrogen-bond acceptors (Lipinski definition) is 7. The van der Waals surface area contributed by atoms with Crippen LogP contribution in [0.3, 0.4) is 0 Å². The summed E-state index contributed by atoms with van der Waals surface area (Å²) in [4.78, 5) is 47.8. The van der Waals surface area contributed by atoms with E-state index in [0.717, 1.165) is 19.3 Å². The molecule has 3 amide bonds. The number of hydroxylamine groups is 2. The zero-order chi connectivity index (χ0) is 27.4. The molecule has 2 aromatic rings. The van der Waals surface area contributed by atoms with E-state index < -0.39 is 23.8 Å². The molecule has 1 aromatic carbocycles. The number of ether oxygens (including phenoxy) is 1. The molecule has 0 radical (unpaired) electrons. The minimum absolute atomic E-state index is 0.00191. The standard InChI is InChI=1S/C26H35N3O8/c1-4-7-8-9-18(20(5-2)29(35)16-30)24(31)27-15-28-25(32)22-13-12-21(37-22)17-10-11-19(26(33)34)23(14-17)36-6-3/h10-14,16,18,20,35H,4-9,15H2,1-3H3,(H,27,31)(H,28,32)(H,33,34). The summed E-state index contributed by atoms with van der Waals surface area (Å²) >= 11 is 0. The van der Waals surface area contributed by atoms with Gasteiger partial charge in [0, 0.05) is 5.56 Å². The Bertz CT molecular complexity index is 1070. The van der Waals surface area contributed by atoms with Gasteiger partial charge in [0.2, 0.25) is 12.3 Å². The summed E-state index contributed by atoms with van der Waals surface area (Å²) in [6.45, 7) is 5.66. The lowest BCUT2D eigenvalue weighted by Gasteiger charge is -2.29. The van der Waals surface area contributed by atoms with Gasteiger partial charge in [0.1, 0.15) is 17.1 Å². The summed E-state index contributed by atoms with van der Waals surface area (Å²) in [6.07, 6.45) is 3.80. The second-order valence-corrected chi connectivity index (χ2v) is 8.40. The van der Waals surface area contributed by atoms with Gasteiger partial charge in [0.15, 0.2) is 5.76 Å². The maximum absolute atomic E-state index is 12.8. The highest BCUT2D eigenvalue weighted by atomic mass is 16.5. The highest BCUT2D eigenvalue weighted by molar-refractivity contribution is 5.93. The van der Waals surface area contributed by atoms with Crippen molar-refractivity contribution < 1.29 is 38.6 Å². The van der Waals surface area contributed by atoms with Gasteiger partial charge in [-0.1, -0.05) is 39.2 Å². The van der Waals surface area contributed by atoms with Crippen LogP contribution >= 0.6 is 0 Å². The number of carboxylic acid groups (broad SMARTS) is 1. The number of hydrogen-bond donors (Lipinski definition) is 4. The molecule has 0 saturated heterocycles. The van der Waals surface area contributed by atoms with Crippen LogP contribution in [-0.2, 0) is 9.59 Å². The van der Waals surface area contributed by atoms with E-state index in [0.29, 0.717) is 29.2 Å². The number of carbonyl (C=O) groups excluding carboxylic acids is 3. The van der Waals surface area contributed by atoms with Gasteiger partial charge in [0.25, 0.3) is 5.91 Å². The Morgan fingerprint density at radius 2 is 1.86 bits per heavy atom. The summed E-state index contributed by atoms with van der Waals surface area (Å²) in [7, 11) is 0. The maximum Gasteiger partial charge on any atom is 0.339 e. The number of nitrogens with one attached hydrogen (secondary N) is 2. The minimum Gasteiger partial charge on any atom is -0.493 e. The maximum atomic E-state index is 12.8. The average Bonchev–Trinajstić information content (AvgIpc) is 3.38. The molecule has 0 aliphatic heterocycles. The Morgan fingerprint density at radius 3 is 2.49 bits per heavy atom. The van der Waals surface area contributed by atoms with Gasteiger partial charge >= 0.3 is 5.97 Å². The van der Waals surface area contributed by atoms with Gasteiger partial charge in [0.05, 0.1) is 25.2 Å². The predicted molar refractivity (Wildman–Crippen MR) is 134 cm³/mol. The van der Waals surface area contributed by atoms with Crippen molar-refractivity contribution in [2.75, 3.05) is 13.3 Å². The van der Waals surface area contributed by atoms with Crippen LogP contribution in [0.25, 0.3) is 11.3 Å². The molecule has 37 heavy (non-hydrogen) atoms. The van der Waals surface area contributed by atoms with Crippen LogP contribution in [0.4, 0.5) is 0 Å². The molecule has 11 heteroatoms. The summed E-state index contributed by atoms with van der Waals surface area (Å²) in [6, 6.07) is 6.85. The van der Waals surface area contributed by atoms with Crippen molar-refractivity contribution >= 4 is 24.2 Å². The molecular weight excluding hydrogens is 482 g/mol. The molecule has 0 saturated carbocycles. The molecule has 11 nitrogen and oxygen atoms in total. The fraction of sp³-hybridized carbons (Fsp3) is 0.462. The van der Waals surface area contributed by atoms with E-state index in [-0.39, 0.29) is 42.7 Å². The van der Waals surface area contributed by atoms with E-state index in [1.165, 1.54) is 18.2 Å². The van der Waals surface area contributed by atoms with E-state index in [4.69, 9.17) is 9.15 Å². The summed E-state index contributed by atoms with van der Waals surface area (Å²) in [5.41, 5.74) is 0.548. The van der Waals surface area contributed by atoms with E-state index >= 15 is 0 Å². The molecule has 0 aliphatic rings. The third-order valence-corrected chi connectivity index (χ3v) is 5.92. The van der Waals surface area contributed by atoms with Crippen LogP contribution in [0.2, 0.25) is 0 Å². The van der Waals surface area contributed by atoms with Crippen molar-refractivity contribution in [1.82, 2.24) is 15.7 Å². The highest BCUT2D eigenvalue weighted by Crippen LogP contribution is 2.29. The van der Waals surface area contributed by atoms with Crippen molar-refractivity contribution in [3.8, 4) is 17.1 Å². The Morgan fingerprint density at radius 1 is 1.11 bits per heavy atom. The fourth-order valence-electron chi connectivity index (χ4n) is 4.02. The Labute approximate surface area is 215 Å². The van der Waals surface area contributed by atoms with Crippen LogP contribution in [0.5, 0.6) is 5.75 Å². The molecule has 0 fully saturated rings. The Hall–Kier alpha value is -3.86. The molecule has 202 valence electrons. The number of carboxylic acids is 1. The van der Waals surface area contributed by atoms with E-state index in [1.807, 2.05) is 6.92 Å². The SMILES string of the molecule is CCCCCC(C(=O)NCNC(=O)c1ccc(-c2ccc(C(=O)O)c(OCC)c2)o1)C(CC)N(O)C=O. The molecular formula is C26H35N3O8. The molecule has 1 heterocycles. The monoisotopic (exact) mass is 517 g/mol. The summed E-state index contributed by atoms with van der Waals surface area (Å²) in [5.74, 6) is -2.17. The van der Waals surface area contributed by atoms with Gasteiger partial charge in [-0.3, -0.25) is 19.6 Å². The average molecular weight is 518 g/mol. The van der Waals surface area contributed by atoms with Crippen LogP contribution in [0.15, 0.2) is 34.7 Å². The number of unbranched alkanes of at least 4 members (excludes halogenated alkanes) is 2. The van der Waals surface area contributed by atoms with E-state index in [2.05, 4.69) is 10.6 Å². The zero-order valence-corrected chi connectivity index (χ0v) is 21.4. The number of amides is 3. The molecule has 1 aromatic heterocycles. The van der Waals surface area contributed by atoms with Gasteiger partial charge in [-0.05, 0) is 44.0 Å². The minimum atomic E-state index is -1.12. The van der Waals surface area contributed by atoms with Crippen LogP contribution in [0, 0.1) is 5.92 Å². The van der Waals surface area contributed by atoms with E-state index in [9.17, 15) is 29.5 Å². The summed E-state index contributed by atoms with van der Waals surface area (Å²) in [5, 5.41) is 24.9. The van der Waals surface area contributed by atoms with Crippen molar-refractivity contribution in [3.63, 3.8) is 0 Å². The van der Waals surface area contributed by atoms with Crippen LogP contribution in [0.1, 0.15) is 73.8 Å². The van der Waals surface area contributed by atoms with Crippen molar-refractivity contribution in [2.45, 2.75) is 58.9 Å². The van der Waals surface area contributed by atoms with Crippen LogP contribution < -0.4 is 15.4 Å². The van der Waals surface area contributed by atoms with Gasteiger partial charge in [-0.15, -0.1) is 0 Å². The van der Waals surface area contributed by atoms with E-state index in [1.54, 1.807) is 26.0 Å². The highest BCUT2D eigenvalue weighted by Gasteiger charge is 2.30. The number of furan rings is 1. The predicted octanol–water partition coefficient (Wildman–Crippen LogP) is 3.67. The molecule has 2 rings (SSSR count). The Kier molecular flexibility index (Phi) is 11.6. The fourth-order valence-corrected chi connectivity index (χ4v) is 4.02. The van der Waals surface area contributed by atoms with Crippen molar-refractivity contribution in [1.29, 1.82) is 0 Å². The summed E-state index contributed by atoms with van der Waals surface area (Å²) < 4.78 is 11.0. The van der Waals surface area contributed by atoms with Gasteiger partial charge in [-0.25, -0.2) is 9.86 Å².